The summed E-state index contributed by atoms with van der Waals surface area (Å²) in [5.74, 6) is 0.855. The highest BCUT2D eigenvalue weighted by Crippen LogP contribution is 2.36. The van der Waals surface area contributed by atoms with E-state index >= 15 is 0 Å². The lowest BCUT2D eigenvalue weighted by atomic mass is 9.75. The molecule has 1 atom stereocenters. The Labute approximate surface area is 138 Å². The molecule has 0 N–H and O–H groups in total. The molecule has 1 aromatic carbocycles. The summed E-state index contributed by atoms with van der Waals surface area (Å²) in [6, 6.07) is 0. The van der Waals surface area contributed by atoms with Crippen molar-refractivity contribution in [3.05, 3.63) is 33.4 Å². The number of benzene rings is 1. The van der Waals surface area contributed by atoms with E-state index in [-0.39, 0.29) is 5.41 Å². The zero-order chi connectivity index (χ0) is 16.7. The largest absolute Gasteiger partial charge is 0.302 e. The summed E-state index contributed by atoms with van der Waals surface area (Å²) in [6.07, 6.45) is 2.76. The van der Waals surface area contributed by atoms with E-state index in [0.717, 1.165) is 5.92 Å². The van der Waals surface area contributed by atoms with Gasteiger partial charge in [-0.25, -0.2) is 0 Å². The lowest BCUT2D eigenvalue weighted by molar-refractivity contribution is 0.154. The van der Waals surface area contributed by atoms with Crippen molar-refractivity contribution in [2.45, 2.75) is 73.6 Å². The molecule has 1 fully saturated rings. The normalized spacial score (nSPS) is 20.5. The summed E-state index contributed by atoms with van der Waals surface area (Å²) in [5, 5.41) is 0. The van der Waals surface area contributed by atoms with Crippen LogP contribution in [0.25, 0.3) is 0 Å². The van der Waals surface area contributed by atoms with E-state index in [2.05, 4.69) is 60.3 Å². The first-order valence-corrected chi connectivity index (χ1v) is 8.95. The number of nitrogens with zero attached hydrogens (tertiary/aromatic N) is 1. The standard InChI is InChI=1S/C21H35N/c1-14-10-9-11-22(12-14)13-21(7,8)20-18(5)16(3)15(2)17(4)19(20)6/h14H,9-13H2,1-8H3. The van der Waals surface area contributed by atoms with E-state index in [9.17, 15) is 0 Å². The van der Waals surface area contributed by atoms with Gasteiger partial charge in [0.1, 0.15) is 0 Å². The highest BCUT2D eigenvalue weighted by molar-refractivity contribution is 5.52. The number of rotatable bonds is 3. The number of likely N-dealkylation sites (tertiary alicyclic amines) is 1. The molecule has 1 heterocycles. The zero-order valence-electron chi connectivity index (χ0n) is 16.1. The van der Waals surface area contributed by atoms with Crippen LogP contribution in [0.2, 0.25) is 0 Å². The predicted octanol–water partition coefficient (Wildman–Crippen LogP) is 5.24. The van der Waals surface area contributed by atoms with Gasteiger partial charge in [-0.3, -0.25) is 0 Å². The molecular weight excluding hydrogens is 266 g/mol. The summed E-state index contributed by atoms with van der Waals surface area (Å²) in [6.45, 7) is 22.5. The molecule has 1 aromatic rings. The van der Waals surface area contributed by atoms with Gasteiger partial charge in [0.2, 0.25) is 0 Å². The average Bonchev–Trinajstić information content (AvgIpc) is 2.42. The van der Waals surface area contributed by atoms with Crippen molar-refractivity contribution >= 4 is 0 Å². The van der Waals surface area contributed by atoms with E-state index in [1.54, 1.807) is 5.56 Å². The smallest absolute Gasteiger partial charge is 0.00736 e. The van der Waals surface area contributed by atoms with Crippen LogP contribution >= 0.6 is 0 Å². The van der Waals surface area contributed by atoms with Crippen LogP contribution in [0.4, 0.5) is 0 Å². The number of hydrogen-bond donors (Lipinski definition) is 0. The summed E-state index contributed by atoms with van der Waals surface area (Å²) < 4.78 is 0. The van der Waals surface area contributed by atoms with Crippen molar-refractivity contribution in [3.8, 4) is 0 Å². The summed E-state index contributed by atoms with van der Waals surface area (Å²) in [5.41, 5.74) is 9.27. The first kappa shape index (κ1) is 17.5. The van der Waals surface area contributed by atoms with Crippen molar-refractivity contribution in [2.24, 2.45) is 5.92 Å². The summed E-state index contributed by atoms with van der Waals surface area (Å²) in [7, 11) is 0. The molecule has 1 nitrogen and oxygen atoms in total. The fraction of sp³-hybridized carbons (Fsp3) is 0.714. The van der Waals surface area contributed by atoms with Gasteiger partial charge in [-0.2, -0.15) is 0 Å². The maximum Gasteiger partial charge on any atom is 0.00736 e. The summed E-state index contributed by atoms with van der Waals surface area (Å²) >= 11 is 0. The maximum absolute atomic E-state index is 2.69. The van der Waals surface area contributed by atoms with Gasteiger partial charge in [0.15, 0.2) is 0 Å². The molecular formula is C21H35N. The van der Waals surface area contributed by atoms with E-state index in [1.807, 2.05) is 0 Å². The Bertz CT molecular complexity index is 525. The van der Waals surface area contributed by atoms with Gasteiger partial charge >= 0.3 is 0 Å². The highest BCUT2D eigenvalue weighted by Gasteiger charge is 2.30. The topological polar surface area (TPSA) is 3.24 Å². The third-order valence-corrected chi connectivity index (χ3v) is 6.04. The monoisotopic (exact) mass is 301 g/mol. The van der Waals surface area contributed by atoms with Crippen LogP contribution in [0.1, 0.15) is 67.0 Å². The lowest BCUT2D eigenvalue weighted by Gasteiger charge is -2.39. The fourth-order valence-electron chi connectivity index (χ4n) is 4.58. The predicted molar refractivity (Wildman–Crippen MR) is 98.0 cm³/mol. The van der Waals surface area contributed by atoms with Gasteiger partial charge in [-0.05, 0) is 93.3 Å². The SMILES string of the molecule is Cc1c(C)c(C)c(C(C)(C)CN2CCCC(C)C2)c(C)c1C. The van der Waals surface area contributed by atoms with Crippen molar-refractivity contribution in [2.75, 3.05) is 19.6 Å². The van der Waals surface area contributed by atoms with Gasteiger partial charge in [0.05, 0.1) is 0 Å². The molecule has 22 heavy (non-hydrogen) atoms. The van der Waals surface area contributed by atoms with Crippen molar-refractivity contribution in [1.29, 1.82) is 0 Å². The minimum Gasteiger partial charge on any atom is -0.302 e. The highest BCUT2D eigenvalue weighted by atomic mass is 15.1. The molecule has 2 rings (SSSR count). The Balaban J connectivity index is 2.37. The molecule has 1 aliphatic rings. The molecule has 1 heteroatoms. The van der Waals surface area contributed by atoms with Crippen LogP contribution in [0.15, 0.2) is 0 Å². The second-order valence-electron chi connectivity index (χ2n) is 8.37. The quantitative estimate of drug-likeness (QED) is 0.738. The van der Waals surface area contributed by atoms with E-state index in [1.165, 1.54) is 60.3 Å². The van der Waals surface area contributed by atoms with Crippen LogP contribution in [-0.2, 0) is 5.41 Å². The molecule has 0 spiro atoms. The molecule has 0 bridgehead atoms. The third-order valence-electron chi connectivity index (χ3n) is 6.04. The first-order chi connectivity index (χ1) is 10.1. The van der Waals surface area contributed by atoms with E-state index in [4.69, 9.17) is 0 Å². The third kappa shape index (κ3) is 3.25. The molecule has 1 saturated heterocycles. The molecule has 0 amide bonds. The van der Waals surface area contributed by atoms with Gasteiger partial charge in [-0.1, -0.05) is 20.8 Å². The van der Waals surface area contributed by atoms with Crippen molar-refractivity contribution < 1.29 is 0 Å². The molecule has 124 valence electrons. The van der Waals surface area contributed by atoms with Crippen LogP contribution in [0.3, 0.4) is 0 Å². The number of hydrogen-bond acceptors (Lipinski definition) is 1. The molecule has 1 unspecified atom stereocenters. The Morgan fingerprint density at radius 2 is 1.41 bits per heavy atom. The van der Waals surface area contributed by atoms with Gasteiger partial charge < -0.3 is 4.90 Å². The Kier molecular flexibility index (Phi) is 5.06. The van der Waals surface area contributed by atoms with Gasteiger partial charge in [0, 0.05) is 18.5 Å². The minimum absolute atomic E-state index is 0.217. The minimum atomic E-state index is 0.217. The van der Waals surface area contributed by atoms with E-state index in [0.29, 0.717) is 0 Å². The second-order valence-corrected chi connectivity index (χ2v) is 8.37. The number of piperidine rings is 1. The van der Waals surface area contributed by atoms with Crippen LogP contribution in [-0.4, -0.2) is 24.5 Å². The first-order valence-electron chi connectivity index (χ1n) is 8.95. The Hall–Kier alpha value is -0.820. The van der Waals surface area contributed by atoms with Crippen LogP contribution in [0, 0.1) is 40.5 Å². The Morgan fingerprint density at radius 1 is 0.909 bits per heavy atom. The lowest BCUT2D eigenvalue weighted by Crippen LogP contribution is -2.43. The van der Waals surface area contributed by atoms with Gasteiger partial charge in [-0.15, -0.1) is 0 Å². The van der Waals surface area contributed by atoms with Gasteiger partial charge in [0.25, 0.3) is 0 Å². The molecule has 0 radical (unpaired) electrons. The summed E-state index contributed by atoms with van der Waals surface area (Å²) in [4.78, 5) is 2.69. The Morgan fingerprint density at radius 3 is 1.91 bits per heavy atom. The second kappa shape index (κ2) is 6.35. The van der Waals surface area contributed by atoms with Crippen molar-refractivity contribution in [3.63, 3.8) is 0 Å². The molecule has 0 aliphatic carbocycles. The zero-order valence-corrected chi connectivity index (χ0v) is 16.1. The van der Waals surface area contributed by atoms with Crippen molar-refractivity contribution in [1.82, 2.24) is 4.90 Å². The molecule has 1 aliphatic heterocycles. The maximum atomic E-state index is 2.69. The van der Waals surface area contributed by atoms with Crippen LogP contribution < -0.4 is 0 Å². The molecule has 0 aromatic heterocycles. The van der Waals surface area contributed by atoms with E-state index < -0.39 is 0 Å². The van der Waals surface area contributed by atoms with Crippen LogP contribution in [0.5, 0.6) is 0 Å². The average molecular weight is 302 g/mol. The fourth-order valence-corrected chi connectivity index (χ4v) is 4.58. The molecule has 0 saturated carbocycles.